The molecule has 4 rings (SSSR count). The van der Waals surface area contributed by atoms with Crippen LogP contribution in [0.5, 0.6) is 5.75 Å². The number of esters is 1. The molecule has 5 nitrogen and oxygen atoms in total. The van der Waals surface area contributed by atoms with Gasteiger partial charge in [0, 0.05) is 24.0 Å². The van der Waals surface area contributed by atoms with E-state index in [0.29, 0.717) is 28.2 Å². The number of halogens is 1. The van der Waals surface area contributed by atoms with E-state index in [0.717, 1.165) is 6.07 Å². The molecule has 0 aliphatic rings. The number of nitrogens with zero attached hydrogens (tertiary/aromatic N) is 1. The van der Waals surface area contributed by atoms with Crippen LogP contribution in [0.3, 0.4) is 0 Å². The fraction of sp³-hybridized carbons (Fsp3) is 0. The second-order valence-electron chi connectivity index (χ2n) is 5.77. The van der Waals surface area contributed by atoms with Gasteiger partial charge >= 0.3 is 5.97 Å². The van der Waals surface area contributed by atoms with Gasteiger partial charge in [-0.05, 0) is 54.6 Å². The Hall–Kier alpha value is -3.80. The van der Waals surface area contributed by atoms with E-state index in [2.05, 4.69) is 4.98 Å². The zero-order chi connectivity index (χ0) is 18.8. The number of benzene rings is 2. The van der Waals surface area contributed by atoms with Crippen molar-refractivity contribution in [2.75, 3.05) is 0 Å². The Bertz CT molecular complexity index is 1180. The van der Waals surface area contributed by atoms with Gasteiger partial charge in [-0.2, -0.15) is 0 Å². The monoisotopic (exact) mass is 361 g/mol. The van der Waals surface area contributed by atoms with E-state index in [1.165, 1.54) is 24.4 Å². The zero-order valence-electron chi connectivity index (χ0n) is 13.9. The molecule has 0 unspecified atom stereocenters. The molecule has 132 valence electrons. The molecule has 4 aromatic rings. The van der Waals surface area contributed by atoms with Crippen LogP contribution in [-0.4, -0.2) is 11.0 Å². The summed E-state index contributed by atoms with van der Waals surface area (Å²) in [6.07, 6.45) is 2.99. The van der Waals surface area contributed by atoms with E-state index in [4.69, 9.17) is 9.15 Å². The third kappa shape index (κ3) is 3.46. The van der Waals surface area contributed by atoms with Crippen LogP contribution in [0.1, 0.15) is 10.4 Å². The first kappa shape index (κ1) is 16.7. The Labute approximate surface area is 152 Å². The van der Waals surface area contributed by atoms with E-state index in [-0.39, 0.29) is 10.8 Å². The fourth-order valence-corrected chi connectivity index (χ4v) is 2.61. The van der Waals surface area contributed by atoms with E-state index < -0.39 is 11.8 Å². The van der Waals surface area contributed by atoms with E-state index >= 15 is 0 Å². The lowest BCUT2D eigenvalue weighted by atomic mass is 10.1. The average molecular weight is 361 g/mol. The van der Waals surface area contributed by atoms with Gasteiger partial charge in [-0.1, -0.05) is 0 Å². The first-order chi connectivity index (χ1) is 13.1. The third-order valence-corrected chi connectivity index (χ3v) is 3.94. The molecule has 6 heteroatoms. The van der Waals surface area contributed by atoms with Gasteiger partial charge in [-0.15, -0.1) is 0 Å². The number of carbonyl (C=O) groups is 1. The van der Waals surface area contributed by atoms with Crippen LogP contribution in [0, 0.1) is 5.82 Å². The van der Waals surface area contributed by atoms with Gasteiger partial charge in [0.1, 0.15) is 22.9 Å². The van der Waals surface area contributed by atoms with Crippen LogP contribution >= 0.6 is 0 Å². The van der Waals surface area contributed by atoms with Gasteiger partial charge in [0.05, 0.1) is 10.9 Å². The number of carbonyl (C=O) groups excluding carboxylic acids is 1. The van der Waals surface area contributed by atoms with Crippen LogP contribution in [-0.2, 0) is 0 Å². The Morgan fingerprint density at radius 3 is 2.59 bits per heavy atom. The van der Waals surface area contributed by atoms with Crippen LogP contribution in [0.15, 0.2) is 82.3 Å². The second-order valence-corrected chi connectivity index (χ2v) is 5.77. The summed E-state index contributed by atoms with van der Waals surface area (Å²) in [6.45, 7) is 0. The maximum Gasteiger partial charge on any atom is 0.345 e. The molecular formula is C21H12FNO4. The topological polar surface area (TPSA) is 69.4 Å². The molecule has 0 saturated heterocycles. The molecule has 0 amide bonds. The van der Waals surface area contributed by atoms with Gasteiger partial charge in [-0.3, -0.25) is 9.78 Å². The first-order valence-electron chi connectivity index (χ1n) is 8.06. The minimum atomic E-state index is -0.518. The highest BCUT2D eigenvalue weighted by atomic mass is 19.1. The minimum Gasteiger partial charge on any atom is -0.456 e. The Morgan fingerprint density at radius 2 is 1.85 bits per heavy atom. The zero-order valence-corrected chi connectivity index (χ0v) is 13.9. The largest absolute Gasteiger partial charge is 0.456 e. The summed E-state index contributed by atoms with van der Waals surface area (Å²) in [5, 5.41) is 0.181. The van der Waals surface area contributed by atoms with Crippen molar-refractivity contribution in [1.82, 2.24) is 4.98 Å². The molecule has 0 spiro atoms. The highest BCUT2D eigenvalue weighted by molar-refractivity contribution is 5.90. The minimum absolute atomic E-state index is 0.181. The maximum absolute atomic E-state index is 13.3. The number of fused-ring (bicyclic) bond motifs is 1. The summed E-state index contributed by atoms with van der Waals surface area (Å²) in [4.78, 5) is 28.1. The number of hydrogen-bond acceptors (Lipinski definition) is 5. The SMILES string of the molecule is O=C(Oc1ccc(-c2cc(=O)c3cc(F)ccc3o2)cc1)c1cccnc1. The number of hydrogen-bond donors (Lipinski definition) is 0. The molecule has 2 aromatic heterocycles. The van der Waals surface area contributed by atoms with Crippen molar-refractivity contribution in [2.24, 2.45) is 0 Å². The van der Waals surface area contributed by atoms with Crippen LogP contribution in [0.2, 0.25) is 0 Å². The standard InChI is InChI=1S/C21H12FNO4/c22-15-5-8-19-17(10-15)18(24)11-20(27-19)13-3-6-16(7-4-13)26-21(25)14-2-1-9-23-12-14/h1-12H. The van der Waals surface area contributed by atoms with Crippen molar-refractivity contribution in [3.8, 4) is 17.1 Å². The lowest BCUT2D eigenvalue weighted by Crippen LogP contribution is -2.08. The molecule has 0 bridgehead atoms. The summed E-state index contributed by atoms with van der Waals surface area (Å²) in [6, 6.07) is 14.9. The predicted molar refractivity (Wildman–Crippen MR) is 97.1 cm³/mol. The van der Waals surface area contributed by atoms with E-state index in [9.17, 15) is 14.0 Å². The summed E-state index contributed by atoms with van der Waals surface area (Å²) >= 11 is 0. The third-order valence-electron chi connectivity index (χ3n) is 3.94. The quantitative estimate of drug-likeness (QED) is 0.404. The highest BCUT2D eigenvalue weighted by Crippen LogP contribution is 2.25. The smallest absolute Gasteiger partial charge is 0.345 e. The molecule has 0 fully saturated rings. The van der Waals surface area contributed by atoms with Gasteiger partial charge in [0.25, 0.3) is 0 Å². The Morgan fingerprint density at radius 1 is 1.04 bits per heavy atom. The van der Waals surface area contributed by atoms with Crippen LogP contribution < -0.4 is 10.2 Å². The molecule has 0 aliphatic heterocycles. The van der Waals surface area contributed by atoms with Crippen molar-refractivity contribution in [3.05, 3.63) is 94.7 Å². The van der Waals surface area contributed by atoms with Gasteiger partial charge in [0.2, 0.25) is 0 Å². The second kappa shape index (κ2) is 6.84. The maximum atomic E-state index is 13.3. The lowest BCUT2D eigenvalue weighted by Gasteiger charge is -2.06. The van der Waals surface area contributed by atoms with E-state index in [1.807, 2.05) is 0 Å². The van der Waals surface area contributed by atoms with Crippen molar-refractivity contribution in [2.45, 2.75) is 0 Å². The first-order valence-corrected chi connectivity index (χ1v) is 8.06. The molecule has 27 heavy (non-hydrogen) atoms. The van der Waals surface area contributed by atoms with Crippen LogP contribution in [0.4, 0.5) is 4.39 Å². The number of ether oxygens (including phenoxy) is 1. The summed E-state index contributed by atoms with van der Waals surface area (Å²) < 4.78 is 24.3. The predicted octanol–water partition coefficient (Wildman–Crippen LogP) is 4.21. The van der Waals surface area contributed by atoms with Crippen molar-refractivity contribution in [1.29, 1.82) is 0 Å². The van der Waals surface area contributed by atoms with Gasteiger partial charge in [0.15, 0.2) is 5.43 Å². The lowest BCUT2D eigenvalue weighted by molar-refractivity contribution is 0.0734. The number of aromatic nitrogens is 1. The fourth-order valence-electron chi connectivity index (χ4n) is 2.61. The molecule has 0 radical (unpaired) electrons. The molecular weight excluding hydrogens is 349 g/mol. The summed E-state index contributed by atoms with van der Waals surface area (Å²) in [5.41, 5.74) is 0.928. The molecule has 0 saturated carbocycles. The van der Waals surface area contributed by atoms with Crippen molar-refractivity contribution in [3.63, 3.8) is 0 Å². The van der Waals surface area contributed by atoms with Crippen molar-refractivity contribution >= 4 is 16.9 Å². The molecule has 0 N–H and O–H groups in total. The average Bonchev–Trinajstić information content (AvgIpc) is 2.69. The van der Waals surface area contributed by atoms with E-state index in [1.54, 1.807) is 42.6 Å². The summed E-state index contributed by atoms with van der Waals surface area (Å²) in [7, 11) is 0. The normalized spacial score (nSPS) is 10.7. The van der Waals surface area contributed by atoms with Crippen molar-refractivity contribution < 1.29 is 18.3 Å². The number of rotatable bonds is 3. The Balaban J connectivity index is 1.61. The molecule has 0 atom stereocenters. The number of pyridine rings is 1. The summed E-state index contributed by atoms with van der Waals surface area (Å²) in [5.74, 6) is -0.334. The Kier molecular flexibility index (Phi) is 4.22. The highest BCUT2D eigenvalue weighted by Gasteiger charge is 2.10. The van der Waals surface area contributed by atoms with Gasteiger partial charge in [-0.25, -0.2) is 9.18 Å². The molecule has 2 heterocycles. The van der Waals surface area contributed by atoms with Crippen LogP contribution in [0.25, 0.3) is 22.3 Å². The molecule has 0 aliphatic carbocycles. The van der Waals surface area contributed by atoms with Gasteiger partial charge < -0.3 is 9.15 Å². The molecule has 2 aromatic carbocycles.